The van der Waals surface area contributed by atoms with E-state index < -0.39 is 29.4 Å². The van der Waals surface area contributed by atoms with Gasteiger partial charge in [-0.2, -0.15) is 0 Å². The lowest BCUT2D eigenvalue weighted by molar-refractivity contribution is -0.0546. The Morgan fingerprint density at radius 1 is 0.941 bits per heavy atom. The molecular weight excluding hydrogens is 468 g/mol. The molecule has 2 aromatic rings. The van der Waals surface area contributed by atoms with Crippen molar-refractivity contribution in [2.75, 3.05) is 12.3 Å². The Kier molecular flexibility index (Phi) is 6.97. The average molecular weight is 509 g/mol. The van der Waals surface area contributed by atoms with Crippen LogP contribution in [-0.4, -0.2) is 61.5 Å². The van der Waals surface area contributed by atoms with Crippen LogP contribution in [0.5, 0.6) is 0 Å². The third-order valence-corrected chi connectivity index (χ3v) is 17.6. The number of aromatic nitrogens is 4. The molecule has 0 amide bonds. The van der Waals surface area contributed by atoms with Crippen LogP contribution in [0.4, 0.5) is 5.82 Å². The van der Waals surface area contributed by atoms with Crippen LogP contribution < -0.4 is 11.5 Å². The van der Waals surface area contributed by atoms with Crippen molar-refractivity contribution in [3.05, 3.63) is 12.7 Å². The van der Waals surface area contributed by atoms with Crippen LogP contribution in [0.25, 0.3) is 11.2 Å². The molecule has 2 aliphatic heterocycles. The van der Waals surface area contributed by atoms with Gasteiger partial charge in [0.2, 0.25) is 0 Å². The maximum Gasteiger partial charge on any atom is 0.335 e. The van der Waals surface area contributed by atoms with Gasteiger partial charge in [0.05, 0.1) is 25.1 Å². The van der Waals surface area contributed by atoms with Crippen molar-refractivity contribution in [2.45, 2.75) is 102 Å². The predicted molar refractivity (Wildman–Crippen MR) is 135 cm³/mol. The average Bonchev–Trinajstić information content (AvgIpc) is 3.29. The summed E-state index contributed by atoms with van der Waals surface area (Å²) in [7, 11) is -5.42. The molecular formula is C22H40N6O4Si2. The van der Waals surface area contributed by atoms with Gasteiger partial charge in [-0.1, -0.05) is 55.4 Å². The minimum Gasteiger partial charge on any atom is -0.414 e. The summed E-state index contributed by atoms with van der Waals surface area (Å²) >= 11 is 0. The normalized spacial score (nSPS) is 29.2. The number of fused-ring (bicyclic) bond motifs is 2. The van der Waals surface area contributed by atoms with Crippen molar-refractivity contribution in [1.82, 2.24) is 19.5 Å². The van der Waals surface area contributed by atoms with E-state index in [1.54, 1.807) is 6.33 Å². The minimum absolute atomic E-state index is 0.215. The van der Waals surface area contributed by atoms with Crippen LogP contribution in [0.1, 0.15) is 61.6 Å². The molecule has 4 rings (SSSR count). The van der Waals surface area contributed by atoms with Crippen molar-refractivity contribution < 1.29 is 17.7 Å². The van der Waals surface area contributed by atoms with E-state index in [0.29, 0.717) is 23.6 Å². The number of hydrogen-bond donors (Lipinski definition) is 2. The van der Waals surface area contributed by atoms with Crippen LogP contribution in [0.3, 0.4) is 0 Å². The summed E-state index contributed by atoms with van der Waals surface area (Å²) in [5, 5.41) is 0. The lowest BCUT2D eigenvalue weighted by Crippen LogP contribution is -2.66. The SMILES string of the molecule is CC(C)[Si]1(C(C)C)OC[C@H]2O[C@@H](n3cnc4c(N)ncnc43)[C@H](N)[C@@H]2O[Si](C(C)C)(C(C)C)O1. The molecule has 2 aliphatic rings. The molecule has 0 spiro atoms. The quantitative estimate of drug-likeness (QED) is 0.581. The van der Waals surface area contributed by atoms with Gasteiger partial charge in [0, 0.05) is 0 Å². The smallest absolute Gasteiger partial charge is 0.335 e. The molecule has 2 saturated heterocycles. The number of anilines is 1. The summed E-state index contributed by atoms with van der Waals surface area (Å²) in [5.74, 6) is 0.324. The summed E-state index contributed by atoms with van der Waals surface area (Å²) in [6.45, 7) is 18.0. The Morgan fingerprint density at radius 2 is 1.56 bits per heavy atom. The first-order chi connectivity index (χ1) is 15.9. The molecule has 4 atom stereocenters. The Labute approximate surface area is 204 Å². The molecule has 2 aromatic heterocycles. The van der Waals surface area contributed by atoms with Gasteiger partial charge in [-0.3, -0.25) is 4.57 Å². The number of nitrogen functional groups attached to an aromatic ring is 1. The van der Waals surface area contributed by atoms with Crippen LogP contribution in [0.2, 0.25) is 22.2 Å². The summed E-state index contributed by atoms with van der Waals surface area (Å²) in [6.07, 6.45) is 1.87. The Morgan fingerprint density at radius 3 is 2.15 bits per heavy atom. The number of nitrogens with zero attached hydrogens (tertiary/aromatic N) is 4. The van der Waals surface area contributed by atoms with Crippen LogP contribution in [0, 0.1) is 0 Å². The van der Waals surface area contributed by atoms with E-state index >= 15 is 0 Å². The van der Waals surface area contributed by atoms with Gasteiger partial charge in [-0.15, -0.1) is 0 Å². The highest BCUT2D eigenvalue weighted by Gasteiger charge is 2.61. The van der Waals surface area contributed by atoms with E-state index in [4.69, 9.17) is 29.2 Å². The Hall–Kier alpha value is -1.42. The second kappa shape index (κ2) is 9.23. The highest BCUT2D eigenvalue weighted by Crippen LogP contribution is 2.48. The summed E-state index contributed by atoms with van der Waals surface area (Å²) in [4.78, 5) is 12.8. The first kappa shape index (κ1) is 25.7. The molecule has 0 aliphatic carbocycles. The molecule has 0 aromatic carbocycles. The first-order valence-electron chi connectivity index (χ1n) is 12.3. The molecule has 0 unspecified atom stereocenters. The zero-order valence-electron chi connectivity index (χ0n) is 21.6. The number of nitrogens with two attached hydrogens (primary N) is 2. The largest absolute Gasteiger partial charge is 0.414 e. The predicted octanol–water partition coefficient (Wildman–Crippen LogP) is 3.59. The minimum atomic E-state index is -2.78. The molecule has 34 heavy (non-hydrogen) atoms. The van der Waals surface area contributed by atoms with E-state index in [9.17, 15) is 0 Å². The summed E-state index contributed by atoms with van der Waals surface area (Å²) in [6, 6.07) is -0.456. The van der Waals surface area contributed by atoms with Gasteiger partial charge in [-0.05, 0) is 22.2 Å². The monoisotopic (exact) mass is 508 g/mol. The second-order valence-electron chi connectivity index (χ2n) is 10.8. The fourth-order valence-corrected chi connectivity index (χ4v) is 16.7. The van der Waals surface area contributed by atoms with Gasteiger partial charge in [0.1, 0.15) is 17.9 Å². The van der Waals surface area contributed by atoms with Crippen molar-refractivity contribution in [3.8, 4) is 0 Å². The van der Waals surface area contributed by atoms with Crippen LogP contribution in [0.15, 0.2) is 12.7 Å². The number of imidazole rings is 1. The topological polar surface area (TPSA) is 133 Å². The molecule has 12 heteroatoms. The Bertz CT molecular complexity index is 1000. The standard InChI is InChI=1S/C22H40N6O4Si2/c1-12(2)33(13(3)4)29-9-16-19(31-34(32-33,14(5)6)15(7)8)17(23)22(30-16)28-11-27-18-20(24)25-10-26-21(18)28/h10-17,19,22H,9,23H2,1-8H3,(H2,24,25,26)/t16-,17-,19-,22-/m1/s1. The fourth-order valence-electron chi connectivity index (χ4n) is 5.49. The molecule has 2 fully saturated rings. The van der Waals surface area contributed by atoms with Gasteiger partial charge in [0.15, 0.2) is 17.7 Å². The zero-order chi connectivity index (χ0) is 25.0. The fraction of sp³-hybridized carbons (Fsp3) is 0.773. The lowest BCUT2D eigenvalue weighted by atomic mass is 10.1. The third-order valence-electron chi connectivity index (χ3n) is 7.38. The van der Waals surface area contributed by atoms with Crippen molar-refractivity contribution >= 4 is 34.1 Å². The molecule has 0 radical (unpaired) electrons. The molecule has 0 saturated carbocycles. The van der Waals surface area contributed by atoms with E-state index in [1.807, 2.05) is 4.57 Å². The maximum atomic E-state index is 7.25. The number of hydrogen-bond acceptors (Lipinski definition) is 9. The molecule has 0 bridgehead atoms. The lowest BCUT2D eigenvalue weighted by Gasteiger charge is -2.51. The highest BCUT2D eigenvalue weighted by molar-refractivity contribution is 6.84. The van der Waals surface area contributed by atoms with Crippen molar-refractivity contribution in [3.63, 3.8) is 0 Å². The van der Waals surface area contributed by atoms with Crippen LogP contribution in [-0.2, 0) is 17.7 Å². The van der Waals surface area contributed by atoms with Gasteiger partial charge in [0.25, 0.3) is 0 Å². The maximum absolute atomic E-state index is 7.25. The van der Waals surface area contributed by atoms with Gasteiger partial charge in [-0.25, -0.2) is 15.0 Å². The van der Waals surface area contributed by atoms with E-state index in [1.165, 1.54) is 6.33 Å². The molecule has 10 nitrogen and oxygen atoms in total. The van der Waals surface area contributed by atoms with E-state index in [2.05, 4.69) is 70.3 Å². The van der Waals surface area contributed by atoms with E-state index in [-0.39, 0.29) is 34.4 Å². The third kappa shape index (κ3) is 3.92. The van der Waals surface area contributed by atoms with Crippen LogP contribution >= 0.6 is 0 Å². The summed E-state index contributed by atoms with van der Waals surface area (Å²) in [5.41, 5.74) is 14.9. The molecule has 4 heterocycles. The number of ether oxygens (including phenoxy) is 1. The molecule has 190 valence electrons. The first-order valence-corrected chi connectivity index (χ1v) is 16.2. The highest BCUT2D eigenvalue weighted by atomic mass is 28.5. The van der Waals surface area contributed by atoms with E-state index in [0.717, 1.165) is 0 Å². The number of rotatable bonds is 5. The van der Waals surface area contributed by atoms with Gasteiger partial charge >= 0.3 is 17.1 Å². The van der Waals surface area contributed by atoms with Gasteiger partial charge < -0.3 is 29.2 Å². The Balaban J connectivity index is 1.77. The second-order valence-corrected chi connectivity index (χ2v) is 19.6. The summed E-state index contributed by atoms with van der Waals surface area (Å²) < 4.78 is 29.5. The molecule has 4 N–H and O–H groups in total. The zero-order valence-corrected chi connectivity index (χ0v) is 23.6. The van der Waals surface area contributed by atoms with Crippen molar-refractivity contribution in [1.29, 1.82) is 0 Å². The van der Waals surface area contributed by atoms with Crippen molar-refractivity contribution in [2.24, 2.45) is 5.73 Å².